The number of sulfonamides is 1. The van der Waals surface area contributed by atoms with Crippen molar-refractivity contribution in [2.24, 2.45) is 17.8 Å². The van der Waals surface area contributed by atoms with Crippen molar-refractivity contribution in [2.75, 3.05) is 14.2 Å². The van der Waals surface area contributed by atoms with Gasteiger partial charge in [-0.05, 0) is 37.8 Å². The van der Waals surface area contributed by atoms with Gasteiger partial charge in [0, 0.05) is 18.2 Å². The number of hydrogen-bond acceptors (Lipinski definition) is 6. The van der Waals surface area contributed by atoms with Crippen LogP contribution >= 0.6 is 0 Å². The molecule has 0 saturated heterocycles. The molecule has 0 fully saturated rings. The number of hydrogen-bond donors (Lipinski definition) is 0. The minimum atomic E-state index is -3.76. The summed E-state index contributed by atoms with van der Waals surface area (Å²) in [5, 5.41) is 0. The second-order valence-electron chi connectivity index (χ2n) is 7.70. The van der Waals surface area contributed by atoms with E-state index >= 15 is 0 Å². The molecular formula is C21H29NO6S. The summed E-state index contributed by atoms with van der Waals surface area (Å²) in [7, 11) is -1.33. The van der Waals surface area contributed by atoms with Crippen LogP contribution in [0.1, 0.15) is 32.3 Å². The first kappa shape index (κ1) is 22.9. The molecule has 2 rings (SSSR count). The van der Waals surface area contributed by atoms with Crippen LogP contribution < -0.4 is 0 Å². The van der Waals surface area contributed by atoms with E-state index in [2.05, 4.69) is 0 Å². The van der Waals surface area contributed by atoms with Gasteiger partial charge in [0.1, 0.15) is 0 Å². The number of esters is 2. The van der Waals surface area contributed by atoms with Crippen molar-refractivity contribution in [1.82, 2.24) is 4.31 Å². The van der Waals surface area contributed by atoms with Gasteiger partial charge in [0.2, 0.25) is 0 Å². The van der Waals surface area contributed by atoms with Crippen molar-refractivity contribution in [1.29, 1.82) is 0 Å². The van der Waals surface area contributed by atoms with Gasteiger partial charge < -0.3 is 9.47 Å². The van der Waals surface area contributed by atoms with E-state index in [1.807, 2.05) is 20.8 Å². The monoisotopic (exact) mass is 423 g/mol. The minimum Gasteiger partial charge on any atom is -0.468 e. The largest absolute Gasteiger partial charge is 0.468 e. The summed E-state index contributed by atoms with van der Waals surface area (Å²) in [6.45, 7) is 5.90. The standard InChI is InChI=1S/C21H29NO6S/c1-14(2)12-17-13-16(19(20(23)27-4)21(24)28-5)10-11-22(17)29(25,26)18-8-6-15(3)7-9-18/h6-11,14,16-17,19H,12-13H2,1-5H3/t16-,17+/m1/s1. The normalized spacial score (nSPS) is 19.5. The lowest BCUT2D eigenvalue weighted by atomic mass is 9.83. The molecule has 1 aliphatic rings. The molecular weight excluding hydrogens is 394 g/mol. The van der Waals surface area contributed by atoms with Crippen molar-refractivity contribution in [3.63, 3.8) is 0 Å². The molecule has 0 spiro atoms. The van der Waals surface area contributed by atoms with Crippen LogP contribution in [0.3, 0.4) is 0 Å². The van der Waals surface area contributed by atoms with E-state index in [4.69, 9.17) is 9.47 Å². The maximum atomic E-state index is 13.2. The van der Waals surface area contributed by atoms with Crippen LogP contribution in [-0.4, -0.2) is 44.9 Å². The smallest absolute Gasteiger partial charge is 0.320 e. The zero-order chi connectivity index (χ0) is 21.8. The zero-order valence-corrected chi connectivity index (χ0v) is 18.3. The van der Waals surface area contributed by atoms with E-state index in [0.29, 0.717) is 12.8 Å². The molecule has 29 heavy (non-hydrogen) atoms. The first-order chi connectivity index (χ1) is 13.6. The van der Waals surface area contributed by atoms with Crippen LogP contribution in [0.2, 0.25) is 0 Å². The van der Waals surface area contributed by atoms with E-state index < -0.39 is 39.8 Å². The fraction of sp³-hybridized carbons (Fsp3) is 0.524. The topological polar surface area (TPSA) is 90.0 Å². The molecule has 0 bridgehead atoms. The van der Waals surface area contributed by atoms with Crippen LogP contribution in [0, 0.1) is 24.7 Å². The van der Waals surface area contributed by atoms with Crippen LogP contribution in [-0.2, 0) is 29.1 Å². The Morgan fingerprint density at radius 2 is 1.66 bits per heavy atom. The lowest BCUT2D eigenvalue weighted by molar-refractivity contribution is -0.161. The van der Waals surface area contributed by atoms with Gasteiger partial charge >= 0.3 is 11.9 Å². The lowest BCUT2D eigenvalue weighted by Gasteiger charge is -2.37. The van der Waals surface area contributed by atoms with Gasteiger partial charge in [0.05, 0.1) is 19.1 Å². The molecule has 2 atom stereocenters. The quantitative estimate of drug-likeness (QED) is 0.495. The zero-order valence-electron chi connectivity index (χ0n) is 17.5. The summed E-state index contributed by atoms with van der Waals surface area (Å²) in [5.41, 5.74) is 0.968. The fourth-order valence-corrected chi connectivity index (χ4v) is 5.13. The van der Waals surface area contributed by atoms with Crippen molar-refractivity contribution in [2.45, 2.75) is 44.6 Å². The summed E-state index contributed by atoms with van der Waals surface area (Å²) in [5.74, 6) is -2.80. The molecule has 0 amide bonds. The molecule has 160 valence electrons. The molecule has 0 aliphatic carbocycles. The van der Waals surface area contributed by atoms with E-state index in [1.54, 1.807) is 30.3 Å². The minimum absolute atomic E-state index is 0.206. The number of methoxy groups -OCH3 is 2. The molecule has 7 nitrogen and oxygen atoms in total. The van der Waals surface area contributed by atoms with Crippen molar-refractivity contribution < 1.29 is 27.5 Å². The number of carbonyl (C=O) groups excluding carboxylic acids is 2. The second-order valence-corrected chi connectivity index (χ2v) is 9.54. The first-order valence-electron chi connectivity index (χ1n) is 9.56. The van der Waals surface area contributed by atoms with Gasteiger partial charge in [0.15, 0.2) is 5.92 Å². The Morgan fingerprint density at radius 1 is 1.10 bits per heavy atom. The predicted molar refractivity (Wildman–Crippen MR) is 108 cm³/mol. The maximum Gasteiger partial charge on any atom is 0.320 e. The molecule has 1 heterocycles. The molecule has 0 radical (unpaired) electrons. The van der Waals surface area contributed by atoms with Crippen molar-refractivity contribution >= 4 is 22.0 Å². The summed E-state index contributed by atoms with van der Waals surface area (Å²) in [4.78, 5) is 24.6. The van der Waals surface area contributed by atoms with Crippen LogP contribution in [0.25, 0.3) is 0 Å². The fourth-order valence-electron chi connectivity index (χ4n) is 3.61. The maximum absolute atomic E-state index is 13.2. The molecule has 0 N–H and O–H groups in total. The van der Waals surface area contributed by atoms with E-state index in [9.17, 15) is 18.0 Å². The highest BCUT2D eigenvalue weighted by Crippen LogP contribution is 2.34. The number of allylic oxidation sites excluding steroid dienone is 1. The Balaban J connectivity index is 2.43. The summed E-state index contributed by atoms with van der Waals surface area (Å²) >= 11 is 0. The number of aryl methyl sites for hydroxylation is 1. The highest BCUT2D eigenvalue weighted by atomic mass is 32.2. The number of nitrogens with zero attached hydrogens (tertiary/aromatic N) is 1. The van der Waals surface area contributed by atoms with Gasteiger partial charge in [0.25, 0.3) is 10.0 Å². The Hall–Kier alpha value is -2.35. The lowest BCUT2D eigenvalue weighted by Crippen LogP contribution is -2.44. The van der Waals surface area contributed by atoms with Crippen molar-refractivity contribution in [3.05, 3.63) is 42.1 Å². The van der Waals surface area contributed by atoms with E-state index in [0.717, 1.165) is 5.56 Å². The number of ether oxygens (including phenoxy) is 2. The van der Waals surface area contributed by atoms with Gasteiger partial charge in [-0.3, -0.25) is 13.9 Å². The van der Waals surface area contributed by atoms with Gasteiger partial charge in [-0.2, -0.15) is 0 Å². The average Bonchev–Trinajstić information content (AvgIpc) is 2.67. The Labute approximate surface area is 172 Å². The third kappa shape index (κ3) is 5.18. The Kier molecular flexibility index (Phi) is 7.46. The van der Waals surface area contributed by atoms with E-state index in [1.165, 1.54) is 24.7 Å². The van der Waals surface area contributed by atoms with Crippen molar-refractivity contribution in [3.8, 4) is 0 Å². The molecule has 0 saturated carbocycles. The third-order valence-corrected chi connectivity index (χ3v) is 6.91. The number of carbonyl (C=O) groups is 2. The Morgan fingerprint density at radius 3 is 2.14 bits per heavy atom. The molecule has 1 aromatic rings. The molecule has 0 unspecified atom stereocenters. The third-order valence-electron chi connectivity index (χ3n) is 5.06. The SMILES string of the molecule is COC(=O)C(C(=O)OC)[C@@H]1C=CN(S(=O)(=O)c2ccc(C)cc2)[C@@H](CC(C)C)C1. The highest BCUT2D eigenvalue weighted by molar-refractivity contribution is 7.89. The summed E-state index contributed by atoms with van der Waals surface area (Å²) < 4.78 is 37.4. The summed E-state index contributed by atoms with van der Waals surface area (Å²) in [6.07, 6.45) is 3.95. The predicted octanol–water partition coefficient (Wildman–Crippen LogP) is 2.90. The molecule has 1 aromatic carbocycles. The van der Waals surface area contributed by atoms with E-state index in [-0.39, 0.29) is 10.8 Å². The van der Waals surface area contributed by atoms with Gasteiger partial charge in [-0.1, -0.05) is 37.6 Å². The van der Waals surface area contributed by atoms with Crippen LogP contribution in [0.15, 0.2) is 41.4 Å². The molecule has 8 heteroatoms. The number of benzene rings is 1. The number of rotatable bonds is 7. The summed E-state index contributed by atoms with van der Waals surface area (Å²) in [6, 6.07) is 6.29. The molecule has 1 aliphatic heterocycles. The molecule has 0 aromatic heterocycles. The highest BCUT2D eigenvalue weighted by Gasteiger charge is 2.41. The second kappa shape index (κ2) is 9.43. The Bertz CT molecular complexity index is 844. The van der Waals surface area contributed by atoms with Crippen LogP contribution in [0.4, 0.5) is 0 Å². The first-order valence-corrected chi connectivity index (χ1v) is 11.0. The van der Waals surface area contributed by atoms with Gasteiger partial charge in [-0.15, -0.1) is 0 Å². The average molecular weight is 424 g/mol. The van der Waals surface area contributed by atoms with Crippen LogP contribution in [0.5, 0.6) is 0 Å². The van der Waals surface area contributed by atoms with Gasteiger partial charge in [-0.25, -0.2) is 8.42 Å².